The molecule has 2 rings (SSSR count). The molecule has 0 fully saturated rings. The Morgan fingerprint density at radius 1 is 1.13 bits per heavy atom. The van der Waals surface area contributed by atoms with E-state index in [4.69, 9.17) is 0 Å². The molecule has 1 aromatic carbocycles. The predicted octanol–water partition coefficient (Wildman–Crippen LogP) is 3.08. The van der Waals surface area contributed by atoms with E-state index in [9.17, 15) is 0 Å². The first-order valence-electron chi connectivity index (χ1n) is 5.45. The molecule has 0 amide bonds. The number of fused-ring (bicyclic) bond motifs is 1. The van der Waals surface area contributed by atoms with Gasteiger partial charge >= 0.3 is 0 Å². The van der Waals surface area contributed by atoms with Crippen molar-refractivity contribution in [2.45, 2.75) is 13.8 Å². The van der Waals surface area contributed by atoms with Crippen LogP contribution in [-0.4, -0.2) is 18.1 Å². The molecular weight excluding hydrogens is 184 g/mol. The molecule has 2 nitrogen and oxygen atoms in total. The topological polar surface area (TPSA) is 16.1 Å². The van der Waals surface area contributed by atoms with Crippen LogP contribution in [0.3, 0.4) is 0 Å². The zero-order valence-corrected chi connectivity index (χ0v) is 9.27. The molecule has 2 aromatic rings. The lowest BCUT2D eigenvalue weighted by atomic mass is 10.2. The van der Waals surface area contributed by atoms with Gasteiger partial charge in [0.2, 0.25) is 0 Å². The van der Waals surface area contributed by atoms with Crippen molar-refractivity contribution >= 4 is 16.6 Å². The van der Waals surface area contributed by atoms with Crippen LogP contribution in [0.15, 0.2) is 36.5 Å². The SMILES string of the molecule is CCN(CC)c1cnc2ccccc2c1. The molecule has 0 aliphatic rings. The summed E-state index contributed by atoms with van der Waals surface area (Å²) < 4.78 is 0. The highest BCUT2D eigenvalue weighted by Gasteiger charge is 2.02. The van der Waals surface area contributed by atoms with E-state index < -0.39 is 0 Å². The molecule has 0 bridgehead atoms. The number of hydrogen-bond donors (Lipinski definition) is 0. The van der Waals surface area contributed by atoms with Crippen LogP contribution in [-0.2, 0) is 0 Å². The molecule has 0 unspecified atom stereocenters. The number of benzene rings is 1. The molecule has 0 aliphatic heterocycles. The maximum Gasteiger partial charge on any atom is 0.0703 e. The molecule has 0 atom stereocenters. The van der Waals surface area contributed by atoms with Crippen LogP contribution < -0.4 is 4.90 Å². The fourth-order valence-electron chi connectivity index (χ4n) is 1.82. The van der Waals surface area contributed by atoms with E-state index in [1.54, 1.807) is 0 Å². The summed E-state index contributed by atoms with van der Waals surface area (Å²) in [6, 6.07) is 10.4. The fourth-order valence-corrected chi connectivity index (χ4v) is 1.82. The summed E-state index contributed by atoms with van der Waals surface area (Å²) in [6.45, 7) is 6.38. The molecule has 1 heterocycles. The van der Waals surface area contributed by atoms with Gasteiger partial charge in [-0.25, -0.2) is 0 Å². The Morgan fingerprint density at radius 3 is 2.60 bits per heavy atom. The van der Waals surface area contributed by atoms with Crippen LogP contribution in [0.5, 0.6) is 0 Å². The predicted molar refractivity (Wildman–Crippen MR) is 65.3 cm³/mol. The molecule has 15 heavy (non-hydrogen) atoms. The summed E-state index contributed by atoms with van der Waals surface area (Å²) in [5.74, 6) is 0. The van der Waals surface area contributed by atoms with Gasteiger partial charge in [-0.15, -0.1) is 0 Å². The Balaban J connectivity index is 2.46. The van der Waals surface area contributed by atoms with Gasteiger partial charge in [0.15, 0.2) is 0 Å². The van der Waals surface area contributed by atoms with Gasteiger partial charge in [-0.3, -0.25) is 4.98 Å². The molecule has 0 saturated carbocycles. The standard InChI is InChI=1S/C13H16N2/c1-3-15(4-2)12-9-11-7-5-6-8-13(11)14-10-12/h5-10H,3-4H2,1-2H3. The number of hydrogen-bond acceptors (Lipinski definition) is 2. The van der Waals surface area contributed by atoms with Gasteiger partial charge in [-0.2, -0.15) is 0 Å². The summed E-state index contributed by atoms with van der Waals surface area (Å²) in [4.78, 5) is 6.76. The molecule has 0 radical (unpaired) electrons. The Morgan fingerprint density at radius 2 is 1.87 bits per heavy atom. The van der Waals surface area contributed by atoms with E-state index in [1.807, 2.05) is 18.3 Å². The summed E-state index contributed by atoms with van der Waals surface area (Å²) >= 11 is 0. The first-order chi connectivity index (χ1) is 7.35. The van der Waals surface area contributed by atoms with E-state index in [0.29, 0.717) is 0 Å². The average Bonchev–Trinajstić information content (AvgIpc) is 2.30. The molecule has 2 heteroatoms. The number of rotatable bonds is 3. The monoisotopic (exact) mass is 200 g/mol. The second kappa shape index (κ2) is 4.30. The Bertz CT molecular complexity index is 447. The highest BCUT2D eigenvalue weighted by molar-refractivity contribution is 5.81. The largest absolute Gasteiger partial charge is 0.371 e. The van der Waals surface area contributed by atoms with Crippen LogP contribution in [0.25, 0.3) is 10.9 Å². The van der Waals surface area contributed by atoms with Crippen LogP contribution in [0.2, 0.25) is 0 Å². The van der Waals surface area contributed by atoms with Crippen LogP contribution in [0.1, 0.15) is 13.8 Å². The third-order valence-electron chi connectivity index (χ3n) is 2.70. The van der Waals surface area contributed by atoms with Crippen LogP contribution in [0.4, 0.5) is 5.69 Å². The highest BCUT2D eigenvalue weighted by atomic mass is 15.1. The summed E-state index contributed by atoms with van der Waals surface area (Å²) in [5.41, 5.74) is 2.27. The van der Waals surface area contributed by atoms with Crippen molar-refractivity contribution in [1.29, 1.82) is 0 Å². The number of aromatic nitrogens is 1. The van der Waals surface area contributed by atoms with E-state index in [2.05, 4.69) is 41.9 Å². The van der Waals surface area contributed by atoms with E-state index in [0.717, 1.165) is 18.6 Å². The third-order valence-corrected chi connectivity index (χ3v) is 2.70. The Hall–Kier alpha value is -1.57. The first kappa shape index (κ1) is 9.97. The summed E-state index contributed by atoms with van der Waals surface area (Å²) in [7, 11) is 0. The van der Waals surface area contributed by atoms with Gasteiger partial charge in [0, 0.05) is 18.5 Å². The normalized spacial score (nSPS) is 10.5. The zero-order valence-electron chi connectivity index (χ0n) is 9.27. The van der Waals surface area contributed by atoms with Crippen molar-refractivity contribution in [3.8, 4) is 0 Å². The molecular formula is C13H16N2. The highest BCUT2D eigenvalue weighted by Crippen LogP contribution is 2.19. The van der Waals surface area contributed by atoms with Gasteiger partial charge in [0.25, 0.3) is 0 Å². The number of anilines is 1. The van der Waals surface area contributed by atoms with Crippen molar-refractivity contribution in [2.75, 3.05) is 18.0 Å². The third kappa shape index (κ3) is 1.94. The fraction of sp³-hybridized carbons (Fsp3) is 0.308. The van der Waals surface area contributed by atoms with Gasteiger partial charge < -0.3 is 4.90 Å². The Labute approximate surface area is 90.6 Å². The second-order valence-electron chi connectivity index (χ2n) is 3.56. The van der Waals surface area contributed by atoms with Gasteiger partial charge in [-0.1, -0.05) is 18.2 Å². The maximum atomic E-state index is 4.46. The number of para-hydroxylation sites is 1. The smallest absolute Gasteiger partial charge is 0.0703 e. The van der Waals surface area contributed by atoms with E-state index in [-0.39, 0.29) is 0 Å². The minimum atomic E-state index is 1.02. The van der Waals surface area contributed by atoms with Crippen LogP contribution in [0, 0.1) is 0 Å². The van der Waals surface area contributed by atoms with Crippen molar-refractivity contribution in [3.05, 3.63) is 36.5 Å². The Kier molecular flexibility index (Phi) is 2.86. The maximum absolute atomic E-state index is 4.46. The quantitative estimate of drug-likeness (QED) is 0.757. The van der Waals surface area contributed by atoms with Crippen molar-refractivity contribution in [1.82, 2.24) is 4.98 Å². The van der Waals surface area contributed by atoms with Crippen molar-refractivity contribution in [3.63, 3.8) is 0 Å². The molecule has 0 saturated heterocycles. The average molecular weight is 200 g/mol. The summed E-state index contributed by atoms with van der Waals surface area (Å²) in [5, 5.41) is 1.21. The molecule has 0 spiro atoms. The van der Waals surface area contributed by atoms with Crippen LogP contribution >= 0.6 is 0 Å². The molecule has 0 N–H and O–H groups in total. The number of pyridine rings is 1. The van der Waals surface area contributed by atoms with E-state index >= 15 is 0 Å². The van der Waals surface area contributed by atoms with Crippen molar-refractivity contribution in [2.24, 2.45) is 0 Å². The van der Waals surface area contributed by atoms with Gasteiger partial charge in [0.05, 0.1) is 17.4 Å². The minimum absolute atomic E-state index is 1.02. The lowest BCUT2D eigenvalue weighted by molar-refractivity contribution is 0.864. The number of nitrogens with zero attached hydrogens (tertiary/aromatic N) is 2. The first-order valence-corrected chi connectivity index (χ1v) is 5.45. The molecule has 78 valence electrons. The summed E-state index contributed by atoms with van der Waals surface area (Å²) in [6.07, 6.45) is 1.95. The lowest BCUT2D eigenvalue weighted by Gasteiger charge is -2.20. The minimum Gasteiger partial charge on any atom is -0.371 e. The molecule has 0 aliphatic carbocycles. The molecule has 1 aromatic heterocycles. The lowest BCUT2D eigenvalue weighted by Crippen LogP contribution is -2.21. The zero-order chi connectivity index (χ0) is 10.7. The van der Waals surface area contributed by atoms with Crippen molar-refractivity contribution < 1.29 is 0 Å². The van der Waals surface area contributed by atoms with Gasteiger partial charge in [0.1, 0.15) is 0 Å². The second-order valence-corrected chi connectivity index (χ2v) is 3.56. The van der Waals surface area contributed by atoms with Gasteiger partial charge in [-0.05, 0) is 26.0 Å². The van der Waals surface area contributed by atoms with E-state index in [1.165, 1.54) is 11.1 Å².